The summed E-state index contributed by atoms with van der Waals surface area (Å²) in [5.74, 6) is 0.273. The predicted octanol–water partition coefficient (Wildman–Crippen LogP) is -0.0428. The van der Waals surface area contributed by atoms with E-state index in [2.05, 4.69) is 40.7 Å². The van der Waals surface area contributed by atoms with E-state index in [-0.39, 0.29) is 35.4 Å². The van der Waals surface area contributed by atoms with Gasteiger partial charge < -0.3 is 83.9 Å². The molecule has 5 aliphatic heterocycles. The third-order valence-corrected chi connectivity index (χ3v) is 17.7. The van der Waals surface area contributed by atoms with Crippen LogP contribution in [0.25, 0.3) is 0 Å². The number of aliphatic hydroxyl groups is 8. The maximum Gasteiger partial charge on any atom is 0.335 e. The van der Waals surface area contributed by atoms with Gasteiger partial charge in [-0.1, -0.05) is 52.7 Å². The second kappa shape index (κ2) is 17.6. The number of carboxylic acid groups (broad SMARTS) is 1. The van der Waals surface area contributed by atoms with Gasteiger partial charge in [0.15, 0.2) is 25.0 Å². The highest BCUT2D eigenvalue weighted by atomic mass is 16.8. The molecular formula is C45H70O18. The monoisotopic (exact) mass is 898 g/mol. The van der Waals surface area contributed by atoms with Crippen molar-refractivity contribution in [3.8, 4) is 0 Å². The number of carbonyl (C=O) groups is 1. The molecule has 0 aromatic rings. The lowest BCUT2D eigenvalue weighted by atomic mass is 9.47. The van der Waals surface area contributed by atoms with Crippen molar-refractivity contribution in [2.75, 3.05) is 13.2 Å². The second-order valence-electron chi connectivity index (χ2n) is 20.9. The van der Waals surface area contributed by atoms with E-state index in [1.165, 1.54) is 5.57 Å². The van der Waals surface area contributed by atoms with Crippen molar-refractivity contribution in [1.29, 1.82) is 0 Å². The first kappa shape index (κ1) is 46.7. The molecule has 0 spiro atoms. The quantitative estimate of drug-likeness (QED) is 0.125. The summed E-state index contributed by atoms with van der Waals surface area (Å²) in [7, 11) is 0. The Morgan fingerprint density at radius 2 is 1.38 bits per heavy atom. The van der Waals surface area contributed by atoms with Crippen LogP contribution >= 0.6 is 0 Å². The maximum atomic E-state index is 12.3. The average molecular weight is 899 g/mol. The highest BCUT2D eigenvalue weighted by Crippen LogP contribution is 2.68. The summed E-state index contributed by atoms with van der Waals surface area (Å²) in [6, 6.07) is 0. The summed E-state index contributed by atoms with van der Waals surface area (Å²) in [5, 5.41) is 98.4. The smallest absolute Gasteiger partial charge is 0.335 e. The van der Waals surface area contributed by atoms with Gasteiger partial charge in [-0.25, -0.2) is 4.79 Å². The highest BCUT2D eigenvalue weighted by molar-refractivity contribution is 5.73. The summed E-state index contributed by atoms with van der Waals surface area (Å²) in [6.45, 7) is 10.6. The number of hydrogen-bond donors (Lipinski definition) is 9. The fourth-order valence-corrected chi connectivity index (χ4v) is 13.7. The Kier molecular flexibility index (Phi) is 13.0. The van der Waals surface area contributed by atoms with Crippen LogP contribution in [0.3, 0.4) is 0 Å². The lowest BCUT2D eigenvalue weighted by Gasteiger charge is -2.60. The summed E-state index contributed by atoms with van der Waals surface area (Å²) < 4.78 is 49.8. The molecule has 3 saturated carbocycles. The first-order valence-electron chi connectivity index (χ1n) is 23.4. The Morgan fingerprint density at radius 1 is 0.714 bits per heavy atom. The lowest BCUT2D eigenvalue weighted by molar-refractivity contribution is -0.395. The Hall–Kier alpha value is -1.43. The van der Waals surface area contributed by atoms with E-state index in [4.69, 9.17) is 37.9 Å². The number of aliphatic hydroxyl groups excluding tert-OH is 8. The van der Waals surface area contributed by atoms with Crippen molar-refractivity contribution >= 4 is 5.97 Å². The normalized spacial score (nSPS) is 55.5. The maximum absolute atomic E-state index is 12.3. The molecule has 9 rings (SSSR count). The van der Waals surface area contributed by atoms with E-state index in [0.717, 1.165) is 32.1 Å². The number of hydrogen-bond acceptors (Lipinski definition) is 17. The number of carboxylic acids is 1. The first-order valence-corrected chi connectivity index (χ1v) is 23.4. The fourth-order valence-electron chi connectivity index (χ4n) is 13.7. The van der Waals surface area contributed by atoms with Gasteiger partial charge in [-0.05, 0) is 91.3 Å². The molecule has 4 bridgehead atoms. The van der Waals surface area contributed by atoms with Crippen LogP contribution < -0.4 is 0 Å². The zero-order valence-electron chi connectivity index (χ0n) is 36.8. The van der Waals surface area contributed by atoms with Gasteiger partial charge in [-0.15, -0.1) is 0 Å². The predicted molar refractivity (Wildman–Crippen MR) is 215 cm³/mol. The van der Waals surface area contributed by atoms with Crippen LogP contribution in [0.4, 0.5) is 0 Å². The highest BCUT2D eigenvalue weighted by Gasteiger charge is 2.63. The summed E-state index contributed by atoms with van der Waals surface area (Å²) in [5.41, 5.74) is 1.16. The second-order valence-corrected chi connectivity index (χ2v) is 20.9. The van der Waals surface area contributed by atoms with E-state index < -0.39 is 117 Å². The van der Waals surface area contributed by atoms with Crippen LogP contribution in [0.2, 0.25) is 0 Å². The SMILES string of the molecule is CCC(C)C1OC1C(C)C1CCC2C3=CC4OCC5OC(OC6C(OC(CO)C(O)C6O)OC6C(OC7CCC(C)(C3CCC21C)C4C7)OC(C(=O)O)C(O)C6O)C(O)C(O)C5O. The molecular weight excluding hydrogens is 828 g/mol. The zero-order valence-corrected chi connectivity index (χ0v) is 36.8. The van der Waals surface area contributed by atoms with Crippen LogP contribution in [0.5, 0.6) is 0 Å². The summed E-state index contributed by atoms with van der Waals surface area (Å²) in [6.07, 6.45) is -17.4. The molecule has 27 atom stereocenters. The topological polar surface area (TPSA) is 276 Å². The number of rotatable bonds is 6. The third-order valence-electron chi connectivity index (χ3n) is 17.7. The Morgan fingerprint density at radius 3 is 2.08 bits per heavy atom. The lowest BCUT2D eigenvalue weighted by Crippen LogP contribution is -2.67. The molecule has 4 aliphatic carbocycles. The Labute approximate surface area is 367 Å². The largest absolute Gasteiger partial charge is 0.479 e. The molecule has 63 heavy (non-hydrogen) atoms. The number of allylic oxidation sites excluding steroid dienone is 1. The van der Waals surface area contributed by atoms with E-state index in [1.54, 1.807) is 0 Å². The fraction of sp³-hybridized carbons (Fsp3) is 0.933. The van der Waals surface area contributed by atoms with Crippen molar-refractivity contribution in [3.05, 3.63) is 11.6 Å². The van der Waals surface area contributed by atoms with Gasteiger partial charge in [0, 0.05) is 0 Å². The molecule has 0 amide bonds. The van der Waals surface area contributed by atoms with Crippen LogP contribution in [0.15, 0.2) is 11.6 Å². The van der Waals surface area contributed by atoms with Crippen molar-refractivity contribution < 1.29 is 88.6 Å². The molecule has 8 fully saturated rings. The van der Waals surface area contributed by atoms with E-state index in [0.29, 0.717) is 49.0 Å². The molecule has 0 aromatic carbocycles. The van der Waals surface area contributed by atoms with E-state index >= 15 is 0 Å². The van der Waals surface area contributed by atoms with Gasteiger partial charge in [0.05, 0.1) is 37.6 Å². The van der Waals surface area contributed by atoms with E-state index in [1.807, 2.05) is 0 Å². The average Bonchev–Trinajstić information content (AvgIpc) is 3.98. The van der Waals surface area contributed by atoms with Crippen molar-refractivity contribution in [1.82, 2.24) is 0 Å². The molecule has 18 heteroatoms. The van der Waals surface area contributed by atoms with Gasteiger partial charge in [-0.3, -0.25) is 0 Å². The number of fused-ring (bicyclic) bond motifs is 9. The van der Waals surface area contributed by atoms with Gasteiger partial charge in [0.2, 0.25) is 0 Å². The minimum absolute atomic E-state index is 0.0540. The third kappa shape index (κ3) is 7.86. The van der Waals surface area contributed by atoms with Gasteiger partial charge >= 0.3 is 5.97 Å². The number of epoxide rings is 1. The van der Waals surface area contributed by atoms with Crippen LogP contribution in [-0.4, -0.2) is 182 Å². The molecule has 18 nitrogen and oxygen atoms in total. The van der Waals surface area contributed by atoms with Gasteiger partial charge in [-0.2, -0.15) is 0 Å². The van der Waals surface area contributed by atoms with Crippen molar-refractivity contribution in [3.63, 3.8) is 0 Å². The van der Waals surface area contributed by atoms with Crippen molar-refractivity contribution in [2.24, 2.45) is 46.3 Å². The number of aliphatic carboxylic acids is 1. The van der Waals surface area contributed by atoms with E-state index in [9.17, 15) is 50.8 Å². The van der Waals surface area contributed by atoms with Gasteiger partial charge in [0.25, 0.3) is 0 Å². The summed E-state index contributed by atoms with van der Waals surface area (Å²) >= 11 is 0. The zero-order chi connectivity index (χ0) is 45.0. The molecule has 0 aromatic heterocycles. The molecule has 9 N–H and O–H groups in total. The van der Waals surface area contributed by atoms with Crippen molar-refractivity contribution in [2.45, 2.75) is 203 Å². The van der Waals surface area contributed by atoms with Crippen LogP contribution in [0.1, 0.15) is 86.0 Å². The summed E-state index contributed by atoms with van der Waals surface area (Å²) in [4.78, 5) is 12.3. The molecule has 27 unspecified atom stereocenters. The van der Waals surface area contributed by atoms with Crippen LogP contribution in [-0.2, 0) is 42.7 Å². The molecule has 5 heterocycles. The molecule has 5 saturated heterocycles. The van der Waals surface area contributed by atoms with Gasteiger partial charge in [0.1, 0.15) is 67.1 Å². The molecule has 9 aliphatic rings. The first-order chi connectivity index (χ1) is 29.9. The molecule has 358 valence electrons. The molecule has 0 radical (unpaired) electrons. The Bertz CT molecular complexity index is 1690. The standard InChI is InChI=1S/C45H70O18/c1-6-17(2)35-36(60-35)18(3)21-7-8-22-20-14-25-24-13-19(9-11-45(24,5)23(20)10-12-44(21,22)4)57-42-39(33(52)32(51)37(61-42)40(54)55)63-43-38(31(50)28(47)26(15-46)58-43)62-41-34(53)30(49)29(48)27(59-41)16-56-25/h14,17-19,21-39,41-43,46-53H,6-13,15-16H2,1-5H3,(H,54,55). The van der Waals surface area contributed by atoms with Crippen LogP contribution in [0, 0.1) is 46.3 Å². The Balaban J connectivity index is 1.07. The minimum atomic E-state index is -2.01. The number of ether oxygens (including phenoxy) is 8. The minimum Gasteiger partial charge on any atom is -0.479 e.